The molecule has 3 atom stereocenters. The molecule has 98 valence electrons. The Labute approximate surface area is 117 Å². The van der Waals surface area contributed by atoms with Crippen molar-refractivity contribution in [2.75, 3.05) is 0 Å². The number of halogens is 1. The van der Waals surface area contributed by atoms with Gasteiger partial charge >= 0.3 is 5.97 Å². The fourth-order valence-corrected chi connectivity index (χ4v) is 3.62. The van der Waals surface area contributed by atoms with Crippen molar-refractivity contribution in [3.05, 3.63) is 35.9 Å². The van der Waals surface area contributed by atoms with Gasteiger partial charge in [0.2, 0.25) is 0 Å². The second-order valence-corrected chi connectivity index (χ2v) is 6.22. The lowest BCUT2D eigenvalue weighted by atomic mass is 9.80. The number of benzene rings is 1. The minimum absolute atomic E-state index is 0.00228. The maximum absolute atomic E-state index is 12.1. The third-order valence-corrected chi connectivity index (χ3v) is 4.67. The molecular formula is C15H19BrO2. The number of esters is 1. The molecule has 2 nitrogen and oxygen atoms in total. The second-order valence-electron chi connectivity index (χ2n) is 5.04. The van der Waals surface area contributed by atoms with E-state index in [-0.39, 0.29) is 16.7 Å². The number of alkyl halides is 1. The van der Waals surface area contributed by atoms with Gasteiger partial charge in [0.25, 0.3) is 0 Å². The third kappa shape index (κ3) is 3.35. The largest absolute Gasteiger partial charge is 0.461 e. The fourth-order valence-electron chi connectivity index (χ4n) is 2.56. The van der Waals surface area contributed by atoms with Crippen molar-refractivity contribution < 1.29 is 9.53 Å². The number of hydrogen-bond donors (Lipinski definition) is 0. The zero-order valence-corrected chi connectivity index (χ0v) is 12.2. The van der Waals surface area contributed by atoms with Crippen LogP contribution in [0.4, 0.5) is 0 Å². The smallest absolute Gasteiger partial charge is 0.310 e. The Morgan fingerprint density at radius 2 is 2.06 bits per heavy atom. The van der Waals surface area contributed by atoms with Gasteiger partial charge in [0.15, 0.2) is 0 Å². The highest BCUT2D eigenvalue weighted by Gasteiger charge is 2.35. The van der Waals surface area contributed by atoms with Crippen LogP contribution in [0.2, 0.25) is 0 Å². The van der Waals surface area contributed by atoms with Crippen molar-refractivity contribution in [1.82, 2.24) is 0 Å². The Balaban J connectivity index is 1.91. The predicted octanol–water partition coefficient (Wildman–Crippen LogP) is 3.93. The number of carbonyl (C=O) groups is 1. The molecule has 0 N–H and O–H groups in total. The molecule has 0 radical (unpaired) electrons. The molecule has 1 aromatic rings. The lowest BCUT2D eigenvalue weighted by Crippen LogP contribution is -2.34. The molecule has 1 aliphatic carbocycles. The van der Waals surface area contributed by atoms with Crippen LogP contribution in [0.3, 0.4) is 0 Å². The molecule has 1 saturated carbocycles. The van der Waals surface area contributed by atoms with Gasteiger partial charge in [-0.25, -0.2) is 0 Å². The second kappa shape index (κ2) is 6.37. The predicted molar refractivity (Wildman–Crippen MR) is 75.5 cm³/mol. The monoisotopic (exact) mass is 310 g/mol. The van der Waals surface area contributed by atoms with Crippen molar-refractivity contribution in [3.8, 4) is 0 Å². The Bertz CT molecular complexity index is 381. The first-order valence-electron chi connectivity index (χ1n) is 6.53. The molecule has 1 aromatic carbocycles. The maximum Gasteiger partial charge on any atom is 0.310 e. The summed E-state index contributed by atoms with van der Waals surface area (Å²) in [6.45, 7) is 2.52. The SMILES string of the molecule is CC1CCC[C@H](Br)C1C(=O)OCc1ccccc1. The molecule has 0 heterocycles. The molecule has 0 aromatic heterocycles. The van der Waals surface area contributed by atoms with Crippen LogP contribution >= 0.6 is 15.9 Å². The number of carbonyl (C=O) groups excluding carboxylic acids is 1. The van der Waals surface area contributed by atoms with Gasteiger partial charge in [-0.3, -0.25) is 4.79 Å². The number of ether oxygens (including phenoxy) is 1. The van der Waals surface area contributed by atoms with E-state index in [1.54, 1.807) is 0 Å². The molecule has 1 aliphatic rings. The summed E-state index contributed by atoms with van der Waals surface area (Å²) in [6, 6.07) is 9.83. The molecule has 0 saturated heterocycles. The van der Waals surface area contributed by atoms with Crippen LogP contribution < -0.4 is 0 Å². The minimum atomic E-state index is -0.0621. The highest BCUT2D eigenvalue weighted by atomic mass is 79.9. The van der Waals surface area contributed by atoms with Crippen molar-refractivity contribution in [2.24, 2.45) is 11.8 Å². The van der Waals surface area contributed by atoms with E-state index in [2.05, 4.69) is 22.9 Å². The average Bonchev–Trinajstić information content (AvgIpc) is 2.37. The molecule has 0 bridgehead atoms. The lowest BCUT2D eigenvalue weighted by molar-refractivity contribution is -0.152. The molecule has 1 fully saturated rings. The fraction of sp³-hybridized carbons (Fsp3) is 0.533. The summed E-state index contributed by atoms with van der Waals surface area (Å²) in [5.41, 5.74) is 1.04. The summed E-state index contributed by atoms with van der Waals surface area (Å²) >= 11 is 3.62. The van der Waals surface area contributed by atoms with Gasteiger partial charge in [-0.05, 0) is 24.3 Å². The minimum Gasteiger partial charge on any atom is -0.461 e. The van der Waals surface area contributed by atoms with Crippen molar-refractivity contribution in [2.45, 2.75) is 37.6 Å². The summed E-state index contributed by atoms with van der Waals surface area (Å²) in [7, 11) is 0. The highest BCUT2D eigenvalue weighted by molar-refractivity contribution is 9.09. The van der Waals surface area contributed by atoms with Gasteiger partial charge in [-0.2, -0.15) is 0 Å². The van der Waals surface area contributed by atoms with E-state index in [0.29, 0.717) is 12.5 Å². The van der Waals surface area contributed by atoms with Gasteiger partial charge in [0.05, 0.1) is 5.92 Å². The Morgan fingerprint density at radius 3 is 2.72 bits per heavy atom. The van der Waals surface area contributed by atoms with Crippen LogP contribution in [-0.2, 0) is 16.1 Å². The molecule has 0 aliphatic heterocycles. The normalized spacial score (nSPS) is 27.8. The molecule has 18 heavy (non-hydrogen) atoms. The third-order valence-electron chi connectivity index (χ3n) is 3.64. The summed E-state index contributed by atoms with van der Waals surface area (Å²) in [5.74, 6) is 0.349. The summed E-state index contributed by atoms with van der Waals surface area (Å²) in [4.78, 5) is 12.4. The van der Waals surface area contributed by atoms with Crippen LogP contribution in [0, 0.1) is 11.8 Å². The molecule has 0 spiro atoms. The zero-order chi connectivity index (χ0) is 13.0. The van der Waals surface area contributed by atoms with E-state index in [0.717, 1.165) is 18.4 Å². The zero-order valence-electron chi connectivity index (χ0n) is 10.6. The van der Waals surface area contributed by atoms with Gasteiger partial charge in [-0.15, -0.1) is 0 Å². The lowest BCUT2D eigenvalue weighted by Gasteiger charge is -2.31. The van der Waals surface area contributed by atoms with E-state index in [1.807, 2.05) is 30.3 Å². The molecule has 0 amide bonds. The van der Waals surface area contributed by atoms with Crippen molar-refractivity contribution in [3.63, 3.8) is 0 Å². The first-order valence-corrected chi connectivity index (χ1v) is 7.44. The molecule has 3 heteroatoms. The van der Waals surface area contributed by atoms with E-state index < -0.39 is 0 Å². The van der Waals surface area contributed by atoms with Gasteiger partial charge in [0, 0.05) is 4.83 Å². The standard InChI is InChI=1S/C15H19BrO2/c1-11-6-5-9-13(16)14(11)15(17)18-10-12-7-3-2-4-8-12/h2-4,7-8,11,13-14H,5-6,9-10H2,1H3/t11?,13-,14?/m0/s1. The topological polar surface area (TPSA) is 26.3 Å². The summed E-state index contributed by atoms with van der Waals surface area (Å²) in [5, 5.41) is 0. The molecule has 2 rings (SSSR count). The summed E-state index contributed by atoms with van der Waals surface area (Å²) < 4.78 is 5.44. The Morgan fingerprint density at radius 1 is 1.33 bits per heavy atom. The van der Waals surface area contributed by atoms with Crippen LogP contribution in [0.25, 0.3) is 0 Å². The maximum atomic E-state index is 12.1. The molecular weight excluding hydrogens is 292 g/mol. The van der Waals surface area contributed by atoms with Gasteiger partial charge in [-0.1, -0.05) is 59.6 Å². The van der Waals surface area contributed by atoms with Crippen LogP contribution in [0.1, 0.15) is 31.7 Å². The summed E-state index contributed by atoms with van der Waals surface area (Å²) in [6.07, 6.45) is 3.38. The van der Waals surface area contributed by atoms with E-state index in [9.17, 15) is 4.79 Å². The van der Waals surface area contributed by atoms with Crippen LogP contribution in [-0.4, -0.2) is 10.8 Å². The van der Waals surface area contributed by atoms with E-state index in [1.165, 1.54) is 6.42 Å². The Kier molecular flexibility index (Phi) is 4.81. The first kappa shape index (κ1) is 13.6. The van der Waals surface area contributed by atoms with Crippen molar-refractivity contribution in [1.29, 1.82) is 0 Å². The first-order chi connectivity index (χ1) is 8.68. The highest BCUT2D eigenvalue weighted by Crippen LogP contribution is 2.35. The van der Waals surface area contributed by atoms with Crippen LogP contribution in [0.15, 0.2) is 30.3 Å². The number of hydrogen-bond acceptors (Lipinski definition) is 2. The average molecular weight is 311 g/mol. The quantitative estimate of drug-likeness (QED) is 0.624. The van der Waals surface area contributed by atoms with Gasteiger partial charge in [0.1, 0.15) is 6.61 Å². The van der Waals surface area contributed by atoms with Gasteiger partial charge < -0.3 is 4.74 Å². The molecule has 2 unspecified atom stereocenters. The van der Waals surface area contributed by atoms with Crippen LogP contribution in [0.5, 0.6) is 0 Å². The van der Waals surface area contributed by atoms with Crippen molar-refractivity contribution >= 4 is 21.9 Å². The van der Waals surface area contributed by atoms with E-state index in [4.69, 9.17) is 4.74 Å². The van der Waals surface area contributed by atoms with E-state index >= 15 is 0 Å². The Hall–Kier alpha value is -0.830. The number of rotatable bonds is 3.